The number of halogens is 1. The third-order valence-corrected chi connectivity index (χ3v) is 2.97. The van der Waals surface area contributed by atoms with Gasteiger partial charge in [0.2, 0.25) is 0 Å². The highest BCUT2D eigenvalue weighted by atomic mass is 35.5. The molecule has 1 aromatic carbocycles. The fourth-order valence-corrected chi connectivity index (χ4v) is 1.84. The number of hydrogen-bond donors (Lipinski definition) is 1. The van der Waals surface area contributed by atoms with Gasteiger partial charge in [0.25, 0.3) is 0 Å². The Hall–Kier alpha value is -0.180. The zero-order valence-electron chi connectivity index (χ0n) is 8.64. The van der Waals surface area contributed by atoms with E-state index in [-0.39, 0.29) is 0 Å². The van der Waals surface area contributed by atoms with Crippen LogP contribution in [0.2, 0.25) is 5.02 Å². The molecule has 0 bridgehead atoms. The second-order valence-corrected chi connectivity index (χ2v) is 4.66. The summed E-state index contributed by atoms with van der Waals surface area (Å²) in [4.78, 5) is 0. The summed E-state index contributed by atoms with van der Waals surface area (Å²) in [6, 6.07) is 6.19. The van der Waals surface area contributed by atoms with Crippen molar-refractivity contribution in [2.24, 2.45) is 0 Å². The predicted octanol–water partition coefficient (Wildman–Crippen LogP) is 3.10. The Balaban J connectivity index is 2.42. The van der Waals surface area contributed by atoms with Gasteiger partial charge in [-0.15, -0.1) is 0 Å². The van der Waals surface area contributed by atoms with Gasteiger partial charge in [-0.2, -0.15) is 11.8 Å². The number of benzene rings is 1. The molecule has 1 nitrogen and oxygen atoms in total. The second-order valence-electron chi connectivity index (χ2n) is 3.26. The molecule has 0 aromatic heterocycles. The van der Waals surface area contributed by atoms with Crippen molar-refractivity contribution in [1.29, 1.82) is 0 Å². The van der Waals surface area contributed by atoms with Crippen LogP contribution in [-0.4, -0.2) is 18.6 Å². The number of aryl methyl sites for hydroxylation is 1. The van der Waals surface area contributed by atoms with Gasteiger partial charge >= 0.3 is 0 Å². The monoisotopic (exact) mass is 229 g/mol. The maximum atomic E-state index is 6.10. The highest BCUT2D eigenvalue weighted by molar-refractivity contribution is 7.98. The minimum atomic E-state index is 0.861. The lowest BCUT2D eigenvalue weighted by atomic mass is 10.1. The average molecular weight is 230 g/mol. The molecular formula is C11H16ClNS. The highest BCUT2D eigenvalue weighted by Crippen LogP contribution is 2.17. The average Bonchev–Trinajstić information content (AvgIpc) is 2.15. The molecule has 0 amide bonds. The molecule has 0 aliphatic carbocycles. The standard InChI is InChI=1S/C11H16ClNS/c1-9-3-4-10(11(12)7-9)8-13-5-6-14-2/h3-4,7,13H,5-6,8H2,1-2H3. The first-order valence-corrected chi connectivity index (χ1v) is 6.46. The fraction of sp³-hybridized carbons (Fsp3) is 0.455. The fourth-order valence-electron chi connectivity index (χ4n) is 1.19. The molecule has 0 saturated carbocycles. The summed E-state index contributed by atoms with van der Waals surface area (Å²) in [6.07, 6.45) is 2.11. The van der Waals surface area contributed by atoms with Crippen molar-refractivity contribution >= 4 is 23.4 Å². The van der Waals surface area contributed by atoms with E-state index in [0.29, 0.717) is 0 Å². The van der Waals surface area contributed by atoms with Gasteiger partial charge in [0.15, 0.2) is 0 Å². The molecule has 0 heterocycles. The van der Waals surface area contributed by atoms with Crippen molar-refractivity contribution in [1.82, 2.24) is 5.32 Å². The molecule has 1 N–H and O–H groups in total. The highest BCUT2D eigenvalue weighted by Gasteiger charge is 1.99. The molecular weight excluding hydrogens is 214 g/mol. The van der Waals surface area contributed by atoms with Crippen molar-refractivity contribution in [3.8, 4) is 0 Å². The first kappa shape index (κ1) is 11.9. The van der Waals surface area contributed by atoms with Crippen LogP contribution in [0.3, 0.4) is 0 Å². The van der Waals surface area contributed by atoms with Gasteiger partial charge < -0.3 is 5.32 Å². The Morgan fingerprint density at radius 3 is 2.86 bits per heavy atom. The van der Waals surface area contributed by atoms with Crippen LogP contribution < -0.4 is 5.32 Å². The molecule has 1 aromatic rings. The van der Waals surface area contributed by atoms with Crippen LogP contribution in [0, 0.1) is 6.92 Å². The molecule has 0 fully saturated rings. The molecule has 0 aliphatic rings. The molecule has 0 saturated heterocycles. The normalized spacial score (nSPS) is 10.5. The Labute approximate surface area is 95.2 Å². The third-order valence-electron chi connectivity index (χ3n) is 2.01. The summed E-state index contributed by atoms with van der Waals surface area (Å²) in [7, 11) is 0. The molecule has 0 unspecified atom stereocenters. The summed E-state index contributed by atoms with van der Waals surface area (Å²) >= 11 is 7.95. The maximum absolute atomic E-state index is 6.10. The van der Waals surface area contributed by atoms with Crippen LogP contribution in [0.1, 0.15) is 11.1 Å². The molecule has 0 spiro atoms. The van der Waals surface area contributed by atoms with E-state index >= 15 is 0 Å². The number of nitrogens with one attached hydrogen (secondary N) is 1. The summed E-state index contributed by atoms with van der Waals surface area (Å²) in [6.45, 7) is 3.95. The lowest BCUT2D eigenvalue weighted by Crippen LogP contribution is -2.16. The van der Waals surface area contributed by atoms with Crippen LogP contribution in [-0.2, 0) is 6.54 Å². The van der Waals surface area contributed by atoms with Crippen molar-refractivity contribution in [3.05, 3.63) is 34.3 Å². The number of thioether (sulfide) groups is 1. The van der Waals surface area contributed by atoms with Crippen LogP contribution >= 0.6 is 23.4 Å². The van der Waals surface area contributed by atoms with Crippen LogP contribution in [0.5, 0.6) is 0 Å². The van der Waals surface area contributed by atoms with Crippen LogP contribution in [0.15, 0.2) is 18.2 Å². The zero-order valence-corrected chi connectivity index (χ0v) is 10.2. The quantitative estimate of drug-likeness (QED) is 0.779. The van der Waals surface area contributed by atoms with E-state index in [1.54, 1.807) is 0 Å². The van der Waals surface area contributed by atoms with E-state index in [1.807, 2.05) is 17.8 Å². The topological polar surface area (TPSA) is 12.0 Å². The van der Waals surface area contributed by atoms with Gasteiger partial charge in [0, 0.05) is 23.9 Å². The molecule has 0 atom stereocenters. The Morgan fingerprint density at radius 2 is 2.21 bits per heavy atom. The zero-order chi connectivity index (χ0) is 10.4. The first-order valence-electron chi connectivity index (χ1n) is 4.68. The van der Waals surface area contributed by atoms with Crippen LogP contribution in [0.4, 0.5) is 0 Å². The van der Waals surface area contributed by atoms with Gasteiger partial charge in [0.05, 0.1) is 0 Å². The minimum absolute atomic E-state index is 0.861. The van der Waals surface area contributed by atoms with E-state index in [0.717, 1.165) is 23.9 Å². The van der Waals surface area contributed by atoms with Crippen molar-refractivity contribution in [2.75, 3.05) is 18.6 Å². The number of rotatable bonds is 5. The van der Waals surface area contributed by atoms with Crippen molar-refractivity contribution in [3.63, 3.8) is 0 Å². The summed E-state index contributed by atoms with van der Waals surface area (Å²) in [5.41, 5.74) is 2.39. The lowest BCUT2D eigenvalue weighted by Gasteiger charge is -2.06. The van der Waals surface area contributed by atoms with Gasteiger partial charge in [-0.1, -0.05) is 23.7 Å². The molecule has 3 heteroatoms. The maximum Gasteiger partial charge on any atom is 0.0453 e. The number of hydrogen-bond acceptors (Lipinski definition) is 2. The Morgan fingerprint density at radius 1 is 1.43 bits per heavy atom. The summed E-state index contributed by atoms with van der Waals surface area (Å²) in [5, 5.41) is 4.22. The SMILES string of the molecule is CSCCNCc1ccc(C)cc1Cl. The molecule has 0 radical (unpaired) electrons. The van der Waals surface area contributed by atoms with E-state index < -0.39 is 0 Å². The largest absolute Gasteiger partial charge is 0.312 e. The van der Waals surface area contributed by atoms with Gasteiger partial charge in [-0.05, 0) is 30.4 Å². The second kappa shape index (κ2) is 6.33. The van der Waals surface area contributed by atoms with Crippen molar-refractivity contribution < 1.29 is 0 Å². The third kappa shape index (κ3) is 3.91. The Kier molecular flexibility index (Phi) is 5.38. The van der Waals surface area contributed by atoms with Crippen molar-refractivity contribution in [2.45, 2.75) is 13.5 Å². The molecule has 0 aliphatic heterocycles. The van der Waals surface area contributed by atoms with Crippen LogP contribution in [0.25, 0.3) is 0 Å². The summed E-state index contributed by atoms with van der Waals surface area (Å²) in [5.74, 6) is 1.14. The summed E-state index contributed by atoms with van der Waals surface area (Å²) < 4.78 is 0. The first-order chi connectivity index (χ1) is 6.74. The van der Waals surface area contributed by atoms with E-state index in [9.17, 15) is 0 Å². The minimum Gasteiger partial charge on any atom is -0.312 e. The molecule has 78 valence electrons. The van der Waals surface area contributed by atoms with E-state index in [4.69, 9.17) is 11.6 Å². The van der Waals surface area contributed by atoms with Gasteiger partial charge in [-0.3, -0.25) is 0 Å². The van der Waals surface area contributed by atoms with E-state index in [2.05, 4.69) is 30.6 Å². The van der Waals surface area contributed by atoms with Gasteiger partial charge in [-0.25, -0.2) is 0 Å². The predicted molar refractivity (Wildman–Crippen MR) is 66.3 cm³/mol. The molecule has 1 rings (SSSR count). The smallest absolute Gasteiger partial charge is 0.0453 e. The lowest BCUT2D eigenvalue weighted by molar-refractivity contribution is 0.732. The Bertz CT molecular complexity index is 289. The van der Waals surface area contributed by atoms with Gasteiger partial charge in [0.1, 0.15) is 0 Å². The molecule has 14 heavy (non-hydrogen) atoms. The van der Waals surface area contributed by atoms with E-state index in [1.165, 1.54) is 11.1 Å².